The Kier molecular flexibility index (Phi) is 3.18. The van der Waals surface area contributed by atoms with Gasteiger partial charge in [0.05, 0.1) is 5.69 Å². The predicted octanol–water partition coefficient (Wildman–Crippen LogP) is 1.83. The molecule has 0 saturated heterocycles. The number of rotatable bonds is 3. The van der Waals surface area contributed by atoms with Gasteiger partial charge in [-0.3, -0.25) is 14.6 Å². The van der Waals surface area contributed by atoms with Crippen molar-refractivity contribution in [3.8, 4) is 0 Å². The van der Waals surface area contributed by atoms with Gasteiger partial charge < -0.3 is 5.32 Å². The normalized spacial score (nSPS) is 10.9. The molecular formula is C12H17N5O. The third kappa shape index (κ3) is 2.42. The van der Waals surface area contributed by atoms with Gasteiger partial charge in [0.15, 0.2) is 5.69 Å². The largest absolute Gasteiger partial charge is 0.305 e. The standard InChI is InChI=1S/C12H17N5O/c1-7(2)9-6-10(15-14-9)12(18)13-11-5-8(3)16-17(11)4/h5-7H,1-4H3,(H,13,18)(H,14,15). The second kappa shape index (κ2) is 4.64. The second-order valence-corrected chi connectivity index (χ2v) is 4.61. The van der Waals surface area contributed by atoms with Crippen LogP contribution >= 0.6 is 0 Å². The Labute approximate surface area is 105 Å². The van der Waals surface area contributed by atoms with Gasteiger partial charge in [0.2, 0.25) is 0 Å². The highest BCUT2D eigenvalue weighted by atomic mass is 16.2. The molecule has 0 atom stereocenters. The summed E-state index contributed by atoms with van der Waals surface area (Å²) in [5.41, 5.74) is 2.19. The van der Waals surface area contributed by atoms with Crippen molar-refractivity contribution in [2.45, 2.75) is 26.7 Å². The molecule has 0 radical (unpaired) electrons. The molecule has 0 fully saturated rings. The number of nitrogens with zero attached hydrogens (tertiary/aromatic N) is 3. The summed E-state index contributed by atoms with van der Waals surface area (Å²) < 4.78 is 1.63. The zero-order chi connectivity index (χ0) is 13.3. The van der Waals surface area contributed by atoms with Crippen molar-refractivity contribution in [2.24, 2.45) is 7.05 Å². The lowest BCUT2D eigenvalue weighted by molar-refractivity contribution is 0.102. The van der Waals surface area contributed by atoms with E-state index in [4.69, 9.17) is 0 Å². The van der Waals surface area contributed by atoms with Crippen LogP contribution in [-0.4, -0.2) is 25.9 Å². The number of aryl methyl sites for hydroxylation is 2. The number of nitrogens with one attached hydrogen (secondary N) is 2. The maximum atomic E-state index is 12.0. The molecule has 0 aliphatic heterocycles. The molecule has 0 saturated carbocycles. The van der Waals surface area contributed by atoms with Gasteiger partial charge in [-0.2, -0.15) is 10.2 Å². The topological polar surface area (TPSA) is 75.6 Å². The smallest absolute Gasteiger partial charge is 0.277 e. The van der Waals surface area contributed by atoms with E-state index in [2.05, 4.69) is 20.6 Å². The highest BCUT2D eigenvalue weighted by Crippen LogP contribution is 2.14. The van der Waals surface area contributed by atoms with Gasteiger partial charge in [-0.05, 0) is 18.9 Å². The summed E-state index contributed by atoms with van der Waals surface area (Å²) in [5.74, 6) is 0.741. The first-order chi connectivity index (χ1) is 8.47. The number of amides is 1. The lowest BCUT2D eigenvalue weighted by Gasteiger charge is -2.02. The molecule has 2 aromatic rings. The van der Waals surface area contributed by atoms with Crippen LogP contribution in [0.15, 0.2) is 12.1 Å². The quantitative estimate of drug-likeness (QED) is 0.868. The fourth-order valence-electron chi connectivity index (χ4n) is 1.66. The number of hydrogen-bond donors (Lipinski definition) is 2. The summed E-state index contributed by atoms with van der Waals surface area (Å²) in [5, 5.41) is 13.8. The Morgan fingerprint density at radius 1 is 1.44 bits per heavy atom. The maximum Gasteiger partial charge on any atom is 0.277 e. The summed E-state index contributed by atoms with van der Waals surface area (Å²) in [6.07, 6.45) is 0. The minimum absolute atomic E-state index is 0.235. The zero-order valence-corrected chi connectivity index (χ0v) is 11.0. The Morgan fingerprint density at radius 3 is 2.67 bits per heavy atom. The number of hydrogen-bond acceptors (Lipinski definition) is 3. The van der Waals surface area contributed by atoms with Crippen molar-refractivity contribution in [3.05, 3.63) is 29.2 Å². The molecule has 0 spiro atoms. The van der Waals surface area contributed by atoms with E-state index in [0.29, 0.717) is 17.4 Å². The molecule has 0 aliphatic carbocycles. The average molecular weight is 247 g/mol. The highest BCUT2D eigenvalue weighted by Gasteiger charge is 2.14. The molecule has 6 nitrogen and oxygen atoms in total. The van der Waals surface area contributed by atoms with Crippen molar-refractivity contribution in [1.29, 1.82) is 0 Å². The van der Waals surface area contributed by atoms with Crippen LogP contribution in [0.1, 0.15) is 41.6 Å². The molecule has 18 heavy (non-hydrogen) atoms. The molecule has 96 valence electrons. The Balaban J connectivity index is 2.14. The molecule has 2 N–H and O–H groups in total. The van der Waals surface area contributed by atoms with E-state index in [1.54, 1.807) is 17.8 Å². The number of carbonyl (C=O) groups excluding carboxylic acids is 1. The molecule has 0 aliphatic rings. The van der Waals surface area contributed by atoms with E-state index in [1.807, 2.05) is 26.8 Å². The number of carbonyl (C=O) groups is 1. The van der Waals surface area contributed by atoms with Crippen molar-refractivity contribution in [3.63, 3.8) is 0 Å². The minimum Gasteiger partial charge on any atom is -0.305 e. The van der Waals surface area contributed by atoms with E-state index >= 15 is 0 Å². The first-order valence-corrected chi connectivity index (χ1v) is 5.84. The molecule has 0 unspecified atom stereocenters. The van der Waals surface area contributed by atoms with Gasteiger partial charge in [-0.1, -0.05) is 13.8 Å². The summed E-state index contributed by atoms with van der Waals surface area (Å²) in [6, 6.07) is 3.58. The van der Waals surface area contributed by atoms with E-state index in [-0.39, 0.29) is 5.91 Å². The third-order valence-electron chi connectivity index (χ3n) is 2.70. The molecule has 2 rings (SSSR count). The van der Waals surface area contributed by atoms with Crippen LogP contribution < -0.4 is 5.32 Å². The Hall–Kier alpha value is -2.11. The monoisotopic (exact) mass is 247 g/mol. The van der Waals surface area contributed by atoms with E-state index in [9.17, 15) is 4.79 Å². The van der Waals surface area contributed by atoms with Gasteiger partial charge in [-0.25, -0.2) is 0 Å². The molecule has 0 aromatic carbocycles. The lowest BCUT2D eigenvalue weighted by atomic mass is 10.1. The zero-order valence-electron chi connectivity index (χ0n) is 11.0. The molecule has 2 aromatic heterocycles. The van der Waals surface area contributed by atoms with Crippen LogP contribution in [0.3, 0.4) is 0 Å². The number of aromatic nitrogens is 4. The molecule has 6 heteroatoms. The first-order valence-electron chi connectivity index (χ1n) is 5.84. The van der Waals surface area contributed by atoms with Gasteiger partial charge in [0.25, 0.3) is 5.91 Å². The fraction of sp³-hybridized carbons (Fsp3) is 0.417. The predicted molar refractivity (Wildman–Crippen MR) is 68.6 cm³/mol. The Bertz CT molecular complexity index is 567. The van der Waals surface area contributed by atoms with Crippen molar-refractivity contribution >= 4 is 11.7 Å². The molecule has 0 bridgehead atoms. The van der Waals surface area contributed by atoms with E-state index in [1.165, 1.54) is 0 Å². The highest BCUT2D eigenvalue weighted by molar-refractivity contribution is 6.02. The molecule has 1 amide bonds. The summed E-state index contributed by atoms with van der Waals surface area (Å²) in [6.45, 7) is 5.96. The van der Waals surface area contributed by atoms with Crippen molar-refractivity contribution in [1.82, 2.24) is 20.0 Å². The van der Waals surface area contributed by atoms with Gasteiger partial charge >= 0.3 is 0 Å². The van der Waals surface area contributed by atoms with Gasteiger partial charge in [0.1, 0.15) is 5.82 Å². The van der Waals surface area contributed by atoms with E-state index in [0.717, 1.165) is 11.4 Å². The number of anilines is 1. The van der Waals surface area contributed by atoms with Crippen LogP contribution in [-0.2, 0) is 7.05 Å². The molecule has 2 heterocycles. The van der Waals surface area contributed by atoms with Gasteiger partial charge in [-0.15, -0.1) is 0 Å². The number of H-pyrrole nitrogens is 1. The van der Waals surface area contributed by atoms with Gasteiger partial charge in [0, 0.05) is 18.8 Å². The molecular weight excluding hydrogens is 230 g/mol. The van der Waals surface area contributed by atoms with E-state index < -0.39 is 0 Å². The summed E-state index contributed by atoms with van der Waals surface area (Å²) in [7, 11) is 1.78. The number of aromatic amines is 1. The maximum absolute atomic E-state index is 12.0. The minimum atomic E-state index is -0.235. The Morgan fingerprint density at radius 2 is 2.17 bits per heavy atom. The first kappa shape index (κ1) is 12.3. The van der Waals surface area contributed by atoms with Crippen molar-refractivity contribution in [2.75, 3.05) is 5.32 Å². The van der Waals surface area contributed by atoms with Crippen LogP contribution in [0.25, 0.3) is 0 Å². The summed E-state index contributed by atoms with van der Waals surface area (Å²) in [4.78, 5) is 12.0. The SMILES string of the molecule is Cc1cc(NC(=O)c2cc(C(C)C)[nH]n2)n(C)n1. The van der Waals surface area contributed by atoms with Crippen LogP contribution in [0.5, 0.6) is 0 Å². The average Bonchev–Trinajstić information content (AvgIpc) is 2.86. The van der Waals surface area contributed by atoms with Crippen LogP contribution in [0.4, 0.5) is 5.82 Å². The van der Waals surface area contributed by atoms with Crippen molar-refractivity contribution < 1.29 is 4.79 Å². The lowest BCUT2D eigenvalue weighted by Crippen LogP contribution is -2.14. The third-order valence-corrected chi connectivity index (χ3v) is 2.70. The fourth-order valence-corrected chi connectivity index (χ4v) is 1.66. The summed E-state index contributed by atoms with van der Waals surface area (Å²) >= 11 is 0. The van der Waals surface area contributed by atoms with Crippen LogP contribution in [0, 0.1) is 6.92 Å². The van der Waals surface area contributed by atoms with Crippen LogP contribution in [0.2, 0.25) is 0 Å². The second-order valence-electron chi connectivity index (χ2n) is 4.61.